The fourth-order valence-corrected chi connectivity index (χ4v) is 2.90. The maximum Gasteiger partial charge on any atom is 0.408 e. The molecule has 25 heavy (non-hydrogen) atoms. The Morgan fingerprint density at radius 3 is 2.16 bits per heavy atom. The summed E-state index contributed by atoms with van der Waals surface area (Å²) in [6.45, 7) is 0.124. The molecule has 0 saturated carbocycles. The van der Waals surface area contributed by atoms with Gasteiger partial charge in [-0.1, -0.05) is 60.7 Å². The van der Waals surface area contributed by atoms with E-state index >= 15 is 0 Å². The third-order valence-corrected chi connectivity index (χ3v) is 4.21. The number of alkyl carbamates (subject to hydrolysis) is 1. The molecule has 0 spiro atoms. The van der Waals surface area contributed by atoms with Crippen molar-refractivity contribution in [2.75, 3.05) is 12.0 Å². The fraction of sp³-hybridized carbons (Fsp3) is 0.263. The van der Waals surface area contributed by atoms with Gasteiger partial charge in [-0.2, -0.15) is 0 Å². The summed E-state index contributed by atoms with van der Waals surface area (Å²) in [6.07, 6.45) is 1.13. The van der Waals surface area contributed by atoms with E-state index in [9.17, 15) is 14.1 Å². The number of ether oxygens (including phenoxy) is 1. The topological polar surface area (TPSA) is 78.5 Å². The minimum absolute atomic E-state index is 0.101. The van der Waals surface area contributed by atoms with Crippen LogP contribution in [0.25, 0.3) is 0 Å². The Morgan fingerprint density at radius 2 is 1.60 bits per heavy atom. The average molecular weight is 359 g/mol. The van der Waals surface area contributed by atoms with E-state index in [1.807, 2.05) is 60.7 Å². The second-order valence-electron chi connectivity index (χ2n) is 5.63. The monoisotopic (exact) mass is 359 g/mol. The van der Waals surface area contributed by atoms with Crippen molar-refractivity contribution in [3.05, 3.63) is 71.8 Å². The van der Waals surface area contributed by atoms with Crippen LogP contribution in [0.1, 0.15) is 11.1 Å². The molecule has 0 aliphatic rings. The molecule has 2 aromatic carbocycles. The lowest BCUT2D eigenvalue weighted by Crippen LogP contribution is -2.44. The zero-order valence-electron chi connectivity index (χ0n) is 14.0. The summed E-state index contributed by atoms with van der Waals surface area (Å²) in [5.41, 5.74) is 1.77. The van der Waals surface area contributed by atoms with Gasteiger partial charge in [-0.25, -0.2) is 4.79 Å². The summed E-state index contributed by atoms with van der Waals surface area (Å²) in [5, 5.41) is 2.60. The Bertz CT molecular complexity index is 676. The van der Waals surface area contributed by atoms with E-state index in [1.54, 1.807) is 0 Å². The van der Waals surface area contributed by atoms with Gasteiger partial charge in [0.2, 0.25) is 5.78 Å². The minimum Gasteiger partial charge on any atom is -0.616 e. The van der Waals surface area contributed by atoms with E-state index < -0.39 is 23.3 Å². The number of nitrogens with one attached hydrogen (secondary N) is 1. The van der Waals surface area contributed by atoms with Crippen molar-refractivity contribution in [2.24, 2.45) is 0 Å². The van der Waals surface area contributed by atoms with Crippen LogP contribution >= 0.6 is 0 Å². The highest BCUT2D eigenvalue weighted by atomic mass is 32.2. The molecule has 1 unspecified atom stereocenters. The van der Waals surface area contributed by atoms with Crippen molar-refractivity contribution in [1.29, 1.82) is 0 Å². The highest BCUT2D eigenvalue weighted by Gasteiger charge is 2.24. The summed E-state index contributed by atoms with van der Waals surface area (Å²) >= 11 is -1.26. The highest BCUT2D eigenvalue weighted by Crippen LogP contribution is 2.07. The van der Waals surface area contributed by atoms with Gasteiger partial charge in [0.15, 0.2) is 5.75 Å². The number of hydrogen-bond acceptors (Lipinski definition) is 4. The number of Topliss-reactive ketones (excluding diaryl/α,β-unsaturated/α-hetero) is 1. The second kappa shape index (κ2) is 9.86. The standard InChI is InChI=1S/C19H21NO4S/c1-25(23)14-18(21)17(12-15-8-4-2-5-9-15)20-19(22)24-13-16-10-6-3-7-11-16/h2-11,17H,12-14H2,1H3,(H,20,22)/t17-,25?/m0/s1. The van der Waals surface area contributed by atoms with Crippen molar-refractivity contribution in [3.63, 3.8) is 0 Å². The van der Waals surface area contributed by atoms with E-state index in [0.717, 1.165) is 11.1 Å². The molecule has 0 radical (unpaired) electrons. The van der Waals surface area contributed by atoms with Crippen LogP contribution in [-0.2, 0) is 33.7 Å². The van der Waals surface area contributed by atoms with Crippen LogP contribution in [0.4, 0.5) is 4.79 Å². The molecule has 2 aromatic rings. The first-order chi connectivity index (χ1) is 12.0. The first-order valence-corrected chi connectivity index (χ1v) is 9.61. The largest absolute Gasteiger partial charge is 0.616 e. The zero-order chi connectivity index (χ0) is 18.1. The number of benzene rings is 2. The van der Waals surface area contributed by atoms with Gasteiger partial charge < -0.3 is 14.6 Å². The zero-order valence-corrected chi connectivity index (χ0v) is 14.8. The van der Waals surface area contributed by atoms with Crippen LogP contribution in [0.3, 0.4) is 0 Å². The van der Waals surface area contributed by atoms with Crippen LogP contribution in [0.2, 0.25) is 0 Å². The molecular formula is C19H21NO4S. The Hall–Kier alpha value is -2.31. The predicted octanol–water partition coefficient (Wildman–Crippen LogP) is 2.47. The lowest BCUT2D eigenvalue weighted by atomic mass is 10.0. The molecule has 0 aromatic heterocycles. The van der Waals surface area contributed by atoms with Crippen molar-refractivity contribution in [1.82, 2.24) is 5.32 Å². The Labute approximate surface area is 150 Å². The molecule has 0 aliphatic carbocycles. The van der Waals surface area contributed by atoms with Crippen LogP contribution < -0.4 is 5.32 Å². The molecule has 6 heteroatoms. The van der Waals surface area contributed by atoms with Gasteiger partial charge in [-0.3, -0.25) is 4.79 Å². The molecule has 0 fully saturated rings. The number of carbonyl (C=O) groups is 2. The smallest absolute Gasteiger partial charge is 0.408 e. The van der Waals surface area contributed by atoms with Gasteiger partial charge in [0.05, 0.1) is 12.3 Å². The third kappa shape index (κ3) is 6.99. The van der Waals surface area contributed by atoms with Gasteiger partial charge in [0.1, 0.15) is 6.61 Å². The van der Waals surface area contributed by atoms with E-state index in [2.05, 4.69) is 5.32 Å². The van der Waals surface area contributed by atoms with Crippen molar-refractivity contribution in [2.45, 2.75) is 19.1 Å². The third-order valence-electron chi connectivity index (χ3n) is 3.52. The molecule has 0 aliphatic heterocycles. The lowest BCUT2D eigenvalue weighted by Gasteiger charge is -2.18. The molecule has 132 valence electrons. The molecule has 5 nitrogen and oxygen atoms in total. The molecule has 0 bridgehead atoms. The summed E-state index contributed by atoms with van der Waals surface area (Å²) in [4.78, 5) is 24.4. The molecule has 0 heterocycles. The first kappa shape index (κ1) is 19.0. The van der Waals surface area contributed by atoms with Gasteiger partial charge in [-0.05, 0) is 22.3 Å². The Balaban J connectivity index is 1.96. The average Bonchev–Trinajstić information content (AvgIpc) is 2.60. The Morgan fingerprint density at radius 1 is 1.04 bits per heavy atom. The SMILES string of the molecule is C[S+]([O-])CC(=O)[C@H](Cc1ccccc1)NC(=O)OCc1ccccc1. The van der Waals surface area contributed by atoms with Gasteiger partial charge in [0.25, 0.3) is 0 Å². The minimum atomic E-state index is -1.26. The molecule has 1 N–H and O–H groups in total. The van der Waals surface area contributed by atoms with Gasteiger partial charge in [0, 0.05) is 6.42 Å². The summed E-state index contributed by atoms with van der Waals surface area (Å²) in [7, 11) is 0. The number of hydrogen-bond donors (Lipinski definition) is 1. The van der Waals surface area contributed by atoms with Crippen molar-refractivity contribution in [3.8, 4) is 0 Å². The van der Waals surface area contributed by atoms with Gasteiger partial charge in [-0.15, -0.1) is 0 Å². The van der Waals surface area contributed by atoms with E-state index in [4.69, 9.17) is 4.74 Å². The predicted molar refractivity (Wildman–Crippen MR) is 97.6 cm³/mol. The number of rotatable bonds is 8. The fourth-order valence-electron chi connectivity index (χ4n) is 2.30. The van der Waals surface area contributed by atoms with Crippen molar-refractivity contribution >= 4 is 23.1 Å². The number of amides is 1. The maximum atomic E-state index is 12.3. The van der Waals surface area contributed by atoms with E-state index in [1.165, 1.54) is 6.26 Å². The van der Waals surface area contributed by atoms with Crippen LogP contribution in [0.5, 0.6) is 0 Å². The second-order valence-corrected chi connectivity index (χ2v) is 7.07. The molecule has 1 amide bonds. The maximum absolute atomic E-state index is 12.3. The normalized spacial score (nSPS) is 12.9. The summed E-state index contributed by atoms with van der Waals surface area (Å²) in [6, 6.07) is 17.9. The van der Waals surface area contributed by atoms with Crippen molar-refractivity contribution < 1.29 is 18.9 Å². The summed E-state index contributed by atoms with van der Waals surface area (Å²) < 4.78 is 16.5. The summed E-state index contributed by atoms with van der Waals surface area (Å²) in [5.74, 6) is -0.377. The van der Waals surface area contributed by atoms with Crippen LogP contribution in [0.15, 0.2) is 60.7 Å². The molecule has 0 saturated heterocycles. The number of carbonyl (C=O) groups excluding carboxylic acids is 2. The van der Waals surface area contributed by atoms with E-state index in [-0.39, 0.29) is 18.1 Å². The first-order valence-electron chi connectivity index (χ1n) is 7.88. The van der Waals surface area contributed by atoms with Crippen LogP contribution in [0, 0.1) is 0 Å². The molecule has 2 rings (SSSR count). The highest BCUT2D eigenvalue weighted by molar-refractivity contribution is 7.91. The Kier molecular flexibility index (Phi) is 7.50. The quantitative estimate of drug-likeness (QED) is 0.735. The number of ketones is 1. The lowest BCUT2D eigenvalue weighted by molar-refractivity contribution is -0.118. The van der Waals surface area contributed by atoms with Crippen LogP contribution in [-0.4, -0.2) is 34.5 Å². The van der Waals surface area contributed by atoms with Gasteiger partial charge >= 0.3 is 6.09 Å². The molecule has 2 atom stereocenters. The van der Waals surface area contributed by atoms with E-state index in [0.29, 0.717) is 6.42 Å². The molecular weight excluding hydrogens is 338 g/mol.